The Labute approximate surface area is 148 Å². The number of carbonyl (C=O) groups is 1. The lowest BCUT2D eigenvalue weighted by Crippen LogP contribution is -2.16. The summed E-state index contributed by atoms with van der Waals surface area (Å²) in [5, 5.41) is 6.01. The first-order valence-electron chi connectivity index (χ1n) is 7.85. The maximum atomic E-state index is 13.7. The van der Waals surface area contributed by atoms with Crippen molar-refractivity contribution in [3.8, 4) is 5.75 Å². The van der Waals surface area contributed by atoms with E-state index in [0.717, 1.165) is 23.8 Å². The molecule has 3 aromatic rings. The van der Waals surface area contributed by atoms with Gasteiger partial charge in [0.15, 0.2) is 5.69 Å². The number of para-hydroxylation sites is 1. The van der Waals surface area contributed by atoms with E-state index in [1.54, 1.807) is 13.0 Å². The summed E-state index contributed by atoms with van der Waals surface area (Å²) in [5.74, 6) is -1.06. The lowest BCUT2D eigenvalue weighted by Gasteiger charge is -2.09. The third-order valence-electron chi connectivity index (χ3n) is 3.84. The topological polar surface area (TPSA) is 64.4 Å². The molecule has 0 atom stereocenters. The first kappa shape index (κ1) is 17.6. The Kier molecular flexibility index (Phi) is 4.97. The number of aryl methyl sites for hydroxylation is 2. The standard InChI is InChI=1S/C19H16F2N2O3/c1-11-5-3-4-6-17(11)25-10-14-12(2)26-23-18(14)19(24)22-16-9-13(20)7-8-15(16)21/h3-9H,10H2,1-2H3,(H,22,24). The summed E-state index contributed by atoms with van der Waals surface area (Å²) in [6, 6.07) is 10.2. The van der Waals surface area contributed by atoms with Gasteiger partial charge in [0, 0.05) is 6.07 Å². The highest BCUT2D eigenvalue weighted by Gasteiger charge is 2.21. The Balaban J connectivity index is 1.79. The Morgan fingerprint density at radius 3 is 2.73 bits per heavy atom. The fourth-order valence-electron chi connectivity index (χ4n) is 2.38. The number of hydrogen-bond acceptors (Lipinski definition) is 4. The van der Waals surface area contributed by atoms with Crippen LogP contribution < -0.4 is 10.1 Å². The summed E-state index contributed by atoms with van der Waals surface area (Å²) in [6.07, 6.45) is 0. The van der Waals surface area contributed by atoms with E-state index in [2.05, 4.69) is 10.5 Å². The highest BCUT2D eigenvalue weighted by Crippen LogP contribution is 2.22. The summed E-state index contributed by atoms with van der Waals surface area (Å²) < 4.78 is 37.8. The first-order chi connectivity index (χ1) is 12.5. The molecule has 0 saturated carbocycles. The minimum atomic E-state index is -0.752. The van der Waals surface area contributed by atoms with Crippen LogP contribution in [0.3, 0.4) is 0 Å². The van der Waals surface area contributed by atoms with Crippen LogP contribution in [0.25, 0.3) is 0 Å². The van der Waals surface area contributed by atoms with Gasteiger partial charge < -0.3 is 14.6 Å². The summed E-state index contributed by atoms with van der Waals surface area (Å²) >= 11 is 0. The lowest BCUT2D eigenvalue weighted by atomic mass is 10.2. The number of carbonyl (C=O) groups excluding carboxylic acids is 1. The maximum Gasteiger partial charge on any atom is 0.278 e. The third kappa shape index (κ3) is 3.72. The molecule has 2 aromatic carbocycles. The van der Waals surface area contributed by atoms with Crippen LogP contribution in [0.5, 0.6) is 5.75 Å². The van der Waals surface area contributed by atoms with Crippen LogP contribution in [0.1, 0.15) is 27.4 Å². The second-order valence-corrected chi connectivity index (χ2v) is 5.70. The van der Waals surface area contributed by atoms with Gasteiger partial charge in [-0.25, -0.2) is 8.78 Å². The van der Waals surface area contributed by atoms with E-state index in [-0.39, 0.29) is 18.0 Å². The molecule has 0 aliphatic carbocycles. The number of ether oxygens (including phenoxy) is 1. The van der Waals surface area contributed by atoms with Gasteiger partial charge in [-0.15, -0.1) is 0 Å². The zero-order valence-electron chi connectivity index (χ0n) is 14.2. The van der Waals surface area contributed by atoms with Gasteiger partial charge in [0.2, 0.25) is 0 Å². The normalized spacial score (nSPS) is 10.6. The molecule has 0 radical (unpaired) electrons. The van der Waals surface area contributed by atoms with Gasteiger partial charge in [0.05, 0.1) is 11.3 Å². The molecule has 7 heteroatoms. The number of hydrogen-bond donors (Lipinski definition) is 1. The van der Waals surface area contributed by atoms with Crippen molar-refractivity contribution in [1.82, 2.24) is 5.16 Å². The Hall–Kier alpha value is -3.22. The van der Waals surface area contributed by atoms with Crippen molar-refractivity contribution in [3.63, 3.8) is 0 Å². The summed E-state index contributed by atoms with van der Waals surface area (Å²) in [5.41, 5.74) is 1.05. The van der Waals surface area contributed by atoms with Crippen molar-refractivity contribution >= 4 is 11.6 Å². The lowest BCUT2D eigenvalue weighted by molar-refractivity contribution is 0.101. The quantitative estimate of drug-likeness (QED) is 0.734. The molecular weight excluding hydrogens is 342 g/mol. The third-order valence-corrected chi connectivity index (χ3v) is 3.84. The smallest absolute Gasteiger partial charge is 0.278 e. The Bertz CT molecular complexity index is 954. The molecule has 134 valence electrons. The summed E-state index contributed by atoms with van der Waals surface area (Å²) in [6.45, 7) is 3.59. The molecule has 0 aliphatic heterocycles. The fraction of sp³-hybridized carbons (Fsp3) is 0.158. The van der Waals surface area contributed by atoms with Gasteiger partial charge in [-0.2, -0.15) is 0 Å². The monoisotopic (exact) mass is 358 g/mol. The second kappa shape index (κ2) is 7.35. The number of anilines is 1. The molecule has 1 aromatic heterocycles. The average molecular weight is 358 g/mol. The van der Waals surface area contributed by atoms with Crippen LogP contribution in [-0.4, -0.2) is 11.1 Å². The number of halogens is 2. The van der Waals surface area contributed by atoms with E-state index >= 15 is 0 Å². The van der Waals surface area contributed by atoms with E-state index in [1.807, 2.05) is 25.1 Å². The predicted molar refractivity (Wildman–Crippen MR) is 91.1 cm³/mol. The SMILES string of the molecule is Cc1ccccc1OCc1c(C(=O)Nc2cc(F)ccc2F)noc1C. The van der Waals surface area contributed by atoms with Crippen molar-refractivity contribution in [1.29, 1.82) is 0 Å². The van der Waals surface area contributed by atoms with E-state index in [9.17, 15) is 13.6 Å². The van der Waals surface area contributed by atoms with E-state index < -0.39 is 17.5 Å². The van der Waals surface area contributed by atoms with Crippen LogP contribution in [0.4, 0.5) is 14.5 Å². The number of benzene rings is 2. The van der Waals surface area contributed by atoms with Gasteiger partial charge >= 0.3 is 0 Å². The second-order valence-electron chi connectivity index (χ2n) is 5.70. The molecule has 0 spiro atoms. The predicted octanol–water partition coefficient (Wildman–Crippen LogP) is 4.40. The number of nitrogens with zero attached hydrogens (tertiary/aromatic N) is 1. The van der Waals surface area contributed by atoms with Crippen molar-refractivity contribution in [2.45, 2.75) is 20.5 Å². The van der Waals surface area contributed by atoms with Gasteiger partial charge in [-0.3, -0.25) is 4.79 Å². The van der Waals surface area contributed by atoms with Crippen LogP contribution in [0.2, 0.25) is 0 Å². The van der Waals surface area contributed by atoms with Crippen molar-refractivity contribution in [3.05, 3.63) is 76.7 Å². The van der Waals surface area contributed by atoms with Crippen molar-refractivity contribution in [2.24, 2.45) is 0 Å². The molecule has 0 unspecified atom stereocenters. The molecule has 0 fully saturated rings. The largest absolute Gasteiger partial charge is 0.488 e. The van der Waals surface area contributed by atoms with Crippen LogP contribution in [0, 0.1) is 25.5 Å². The fourth-order valence-corrected chi connectivity index (χ4v) is 2.38. The van der Waals surface area contributed by atoms with Crippen LogP contribution in [-0.2, 0) is 6.61 Å². The summed E-state index contributed by atoms with van der Waals surface area (Å²) in [7, 11) is 0. The molecule has 3 rings (SSSR count). The molecule has 1 N–H and O–H groups in total. The maximum absolute atomic E-state index is 13.7. The van der Waals surface area contributed by atoms with E-state index in [0.29, 0.717) is 17.1 Å². The molecule has 0 aliphatic rings. The number of nitrogens with one attached hydrogen (secondary N) is 1. The zero-order chi connectivity index (χ0) is 18.7. The van der Waals surface area contributed by atoms with E-state index in [4.69, 9.17) is 9.26 Å². The average Bonchev–Trinajstić information content (AvgIpc) is 2.98. The minimum absolute atomic E-state index is 0.0419. The van der Waals surface area contributed by atoms with Crippen molar-refractivity contribution < 1.29 is 22.8 Å². The van der Waals surface area contributed by atoms with Gasteiger partial charge in [0.25, 0.3) is 5.91 Å². The summed E-state index contributed by atoms with van der Waals surface area (Å²) in [4.78, 5) is 12.4. The van der Waals surface area contributed by atoms with Gasteiger partial charge in [0.1, 0.15) is 29.8 Å². The molecule has 5 nitrogen and oxygen atoms in total. The minimum Gasteiger partial charge on any atom is -0.488 e. The Morgan fingerprint density at radius 1 is 1.19 bits per heavy atom. The highest BCUT2D eigenvalue weighted by atomic mass is 19.1. The molecular formula is C19H16F2N2O3. The molecule has 0 saturated heterocycles. The first-order valence-corrected chi connectivity index (χ1v) is 7.85. The number of amides is 1. The van der Waals surface area contributed by atoms with Gasteiger partial charge in [-0.1, -0.05) is 23.4 Å². The van der Waals surface area contributed by atoms with Crippen LogP contribution >= 0.6 is 0 Å². The molecule has 1 heterocycles. The van der Waals surface area contributed by atoms with Gasteiger partial charge in [-0.05, 0) is 37.6 Å². The van der Waals surface area contributed by atoms with Crippen molar-refractivity contribution in [2.75, 3.05) is 5.32 Å². The zero-order valence-corrected chi connectivity index (χ0v) is 14.2. The molecule has 1 amide bonds. The Morgan fingerprint density at radius 2 is 1.96 bits per heavy atom. The number of aromatic nitrogens is 1. The molecule has 26 heavy (non-hydrogen) atoms. The highest BCUT2D eigenvalue weighted by molar-refractivity contribution is 6.03. The van der Waals surface area contributed by atoms with Crippen LogP contribution in [0.15, 0.2) is 47.0 Å². The molecule has 0 bridgehead atoms. The number of rotatable bonds is 5. The van der Waals surface area contributed by atoms with E-state index in [1.165, 1.54) is 0 Å².